The average Bonchev–Trinajstić information content (AvgIpc) is 3.37. The van der Waals surface area contributed by atoms with Gasteiger partial charge in [0.25, 0.3) is 0 Å². The number of carboxylic acids is 1. The first kappa shape index (κ1) is 23.7. The molecule has 5 rings (SSSR count). The maximum Gasteiger partial charge on any atom is 0.573 e. The van der Waals surface area contributed by atoms with Crippen LogP contribution in [0.2, 0.25) is 0 Å². The van der Waals surface area contributed by atoms with Crippen LogP contribution in [0.4, 0.5) is 29.2 Å². The third-order valence-electron chi connectivity index (χ3n) is 6.19. The second-order valence-corrected chi connectivity index (χ2v) is 8.62. The summed E-state index contributed by atoms with van der Waals surface area (Å²) in [7, 11) is 0. The molecule has 4 aromatic rings. The number of alkyl halides is 3. The highest BCUT2D eigenvalue weighted by Crippen LogP contribution is 2.40. The number of nitrogens with one attached hydrogen (secondary N) is 1. The topological polar surface area (TPSA) is 76.4 Å². The number of imidazole rings is 1. The Labute approximate surface area is 203 Å². The number of fused-ring (bicyclic) bond motifs is 2. The number of carboxylic acid groups (broad SMARTS) is 1. The monoisotopic (exact) mass is 499 g/mol. The number of aliphatic carboxylic acids is 1. The van der Waals surface area contributed by atoms with Gasteiger partial charge in [-0.3, -0.25) is 4.79 Å². The van der Waals surface area contributed by atoms with Gasteiger partial charge in [-0.25, -0.2) is 9.37 Å². The molecule has 6 nitrogen and oxygen atoms in total. The van der Waals surface area contributed by atoms with Crippen molar-refractivity contribution in [1.29, 1.82) is 0 Å². The highest BCUT2D eigenvalue weighted by atomic mass is 19.4. The van der Waals surface area contributed by atoms with E-state index in [9.17, 15) is 22.4 Å². The molecule has 0 spiro atoms. The number of aromatic nitrogens is 2. The molecule has 186 valence electrons. The molecule has 1 aliphatic rings. The van der Waals surface area contributed by atoms with Crippen molar-refractivity contribution in [3.63, 3.8) is 0 Å². The quantitative estimate of drug-likeness (QED) is 0.289. The zero-order valence-corrected chi connectivity index (χ0v) is 18.8. The second-order valence-electron chi connectivity index (χ2n) is 8.62. The Morgan fingerprint density at radius 2 is 1.89 bits per heavy atom. The van der Waals surface area contributed by atoms with Crippen LogP contribution in [0.15, 0.2) is 60.7 Å². The maximum atomic E-state index is 13.8. The van der Waals surface area contributed by atoms with Gasteiger partial charge < -0.3 is 19.7 Å². The summed E-state index contributed by atoms with van der Waals surface area (Å²) in [5.41, 5.74) is 4.67. The van der Waals surface area contributed by atoms with Gasteiger partial charge in [0.2, 0.25) is 5.95 Å². The van der Waals surface area contributed by atoms with Crippen molar-refractivity contribution >= 4 is 28.6 Å². The van der Waals surface area contributed by atoms with Crippen LogP contribution in [-0.4, -0.2) is 27.0 Å². The van der Waals surface area contributed by atoms with Crippen LogP contribution in [0.3, 0.4) is 0 Å². The van der Waals surface area contributed by atoms with E-state index < -0.39 is 12.3 Å². The Kier molecular flexibility index (Phi) is 6.03. The molecular formula is C26H21F4N3O3. The third kappa shape index (κ3) is 4.98. The summed E-state index contributed by atoms with van der Waals surface area (Å²) < 4.78 is 57.3. The fourth-order valence-electron chi connectivity index (χ4n) is 4.66. The van der Waals surface area contributed by atoms with Crippen molar-refractivity contribution in [2.45, 2.75) is 38.1 Å². The summed E-state index contributed by atoms with van der Waals surface area (Å²) in [5, 5.41) is 12.2. The Morgan fingerprint density at radius 3 is 2.61 bits per heavy atom. The lowest BCUT2D eigenvalue weighted by molar-refractivity contribution is -0.274. The Balaban J connectivity index is 1.53. The highest BCUT2D eigenvalue weighted by molar-refractivity contribution is 5.81. The number of hydrogen-bond donors (Lipinski definition) is 2. The first-order valence-electron chi connectivity index (χ1n) is 11.3. The van der Waals surface area contributed by atoms with Crippen molar-refractivity contribution in [3.8, 4) is 5.75 Å². The SMILES string of the molecule is O=C(O)CCc1ccc2c(c1)nc(Nc1ccc(OC(F)(F)F)cc1)n2C1CCc2cc(F)ccc21. The zero-order chi connectivity index (χ0) is 25.4. The Hall–Kier alpha value is -4.08. The van der Waals surface area contributed by atoms with Crippen LogP contribution in [0.25, 0.3) is 11.0 Å². The van der Waals surface area contributed by atoms with E-state index in [1.54, 1.807) is 6.07 Å². The first-order chi connectivity index (χ1) is 17.2. The molecule has 0 bridgehead atoms. The number of carbonyl (C=O) groups is 1. The molecule has 36 heavy (non-hydrogen) atoms. The Morgan fingerprint density at radius 1 is 1.11 bits per heavy atom. The number of nitrogens with zero attached hydrogens (tertiary/aromatic N) is 2. The number of rotatable bonds is 7. The van der Waals surface area contributed by atoms with Crippen LogP contribution in [0, 0.1) is 5.82 Å². The minimum atomic E-state index is -4.78. The van der Waals surface area contributed by atoms with E-state index in [0.29, 0.717) is 30.0 Å². The first-order valence-corrected chi connectivity index (χ1v) is 11.3. The molecule has 1 aromatic heterocycles. The van der Waals surface area contributed by atoms with E-state index in [1.807, 2.05) is 22.8 Å². The van der Waals surface area contributed by atoms with Crippen LogP contribution in [0.5, 0.6) is 5.75 Å². The van der Waals surface area contributed by atoms with E-state index in [0.717, 1.165) is 28.6 Å². The van der Waals surface area contributed by atoms with Gasteiger partial charge >= 0.3 is 12.3 Å². The highest BCUT2D eigenvalue weighted by Gasteiger charge is 2.31. The molecule has 10 heteroatoms. The number of ether oxygens (including phenoxy) is 1. The smallest absolute Gasteiger partial charge is 0.481 e. The summed E-state index contributed by atoms with van der Waals surface area (Å²) in [6.45, 7) is 0. The van der Waals surface area contributed by atoms with Gasteiger partial charge in [-0.15, -0.1) is 13.2 Å². The fraction of sp³-hybridized carbons (Fsp3) is 0.231. The van der Waals surface area contributed by atoms with Gasteiger partial charge in [0, 0.05) is 12.1 Å². The summed E-state index contributed by atoms with van der Waals surface area (Å²) in [4.78, 5) is 15.7. The summed E-state index contributed by atoms with van der Waals surface area (Å²) in [6, 6.07) is 15.5. The summed E-state index contributed by atoms with van der Waals surface area (Å²) in [6.07, 6.45) is -3.02. The molecule has 0 amide bonds. The van der Waals surface area contributed by atoms with E-state index in [1.165, 1.54) is 36.4 Å². The fourth-order valence-corrected chi connectivity index (χ4v) is 4.66. The molecule has 0 aliphatic heterocycles. The van der Waals surface area contributed by atoms with E-state index in [-0.39, 0.29) is 24.0 Å². The molecule has 2 N–H and O–H groups in total. The maximum absolute atomic E-state index is 13.8. The van der Waals surface area contributed by atoms with Gasteiger partial charge in [0.1, 0.15) is 11.6 Å². The molecule has 3 aromatic carbocycles. The van der Waals surface area contributed by atoms with E-state index >= 15 is 0 Å². The van der Waals surface area contributed by atoms with Crippen molar-refractivity contribution in [2.24, 2.45) is 0 Å². The van der Waals surface area contributed by atoms with E-state index in [2.05, 4.69) is 10.1 Å². The second kappa shape index (κ2) is 9.18. The van der Waals surface area contributed by atoms with Gasteiger partial charge in [0.15, 0.2) is 0 Å². The number of halogens is 4. The minimum Gasteiger partial charge on any atom is -0.481 e. The van der Waals surface area contributed by atoms with Crippen molar-refractivity contribution < 1.29 is 32.2 Å². The summed E-state index contributed by atoms with van der Waals surface area (Å²) in [5.74, 6) is -1.06. The lowest BCUT2D eigenvalue weighted by Gasteiger charge is -2.19. The molecule has 1 aliphatic carbocycles. The van der Waals surface area contributed by atoms with Crippen molar-refractivity contribution in [3.05, 3.63) is 83.2 Å². The number of hydrogen-bond acceptors (Lipinski definition) is 4. The minimum absolute atomic E-state index is 0.00870. The molecule has 0 saturated carbocycles. The molecule has 1 unspecified atom stereocenters. The van der Waals surface area contributed by atoms with Crippen LogP contribution >= 0.6 is 0 Å². The van der Waals surface area contributed by atoms with Crippen LogP contribution in [-0.2, 0) is 17.6 Å². The number of benzene rings is 3. The molecule has 0 radical (unpaired) electrons. The summed E-state index contributed by atoms with van der Waals surface area (Å²) >= 11 is 0. The lowest BCUT2D eigenvalue weighted by Crippen LogP contribution is -2.17. The van der Waals surface area contributed by atoms with Crippen molar-refractivity contribution in [1.82, 2.24) is 9.55 Å². The Bertz CT molecular complexity index is 1430. The van der Waals surface area contributed by atoms with Crippen LogP contribution < -0.4 is 10.1 Å². The van der Waals surface area contributed by atoms with Gasteiger partial charge in [-0.1, -0.05) is 12.1 Å². The van der Waals surface area contributed by atoms with Crippen LogP contribution in [0.1, 0.15) is 35.6 Å². The molecule has 0 saturated heterocycles. The average molecular weight is 499 g/mol. The normalized spacial score (nSPS) is 15.2. The van der Waals surface area contributed by atoms with Gasteiger partial charge in [-0.05, 0) is 84.5 Å². The number of aryl methyl sites for hydroxylation is 2. The number of anilines is 2. The van der Waals surface area contributed by atoms with E-state index in [4.69, 9.17) is 10.1 Å². The standard InChI is InChI=1S/C26H21F4N3O3/c27-17-4-9-20-16(14-17)3-11-22(20)33-23-10-1-15(2-12-24(34)35)13-21(23)32-25(33)31-18-5-7-19(8-6-18)36-26(28,29)30/h1,4-10,13-14,22H,2-3,11-12H2,(H,31,32)(H,34,35). The lowest BCUT2D eigenvalue weighted by atomic mass is 10.1. The molecule has 1 atom stereocenters. The molecule has 0 fully saturated rings. The predicted molar refractivity (Wildman–Crippen MR) is 125 cm³/mol. The third-order valence-corrected chi connectivity index (χ3v) is 6.19. The van der Waals surface area contributed by atoms with Crippen molar-refractivity contribution in [2.75, 3.05) is 5.32 Å². The largest absolute Gasteiger partial charge is 0.573 e. The zero-order valence-electron chi connectivity index (χ0n) is 18.8. The molecular weight excluding hydrogens is 478 g/mol. The van der Waals surface area contributed by atoms with Gasteiger partial charge in [0.05, 0.1) is 17.1 Å². The predicted octanol–water partition coefficient (Wildman–Crippen LogP) is 6.37. The van der Waals surface area contributed by atoms with Gasteiger partial charge in [-0.2, -0.15) is 0 Å². The molecule has 1 heterocycles.